The normalized spacial score (nSPS) is 13.8. The largest absolute Gasteiger partial charge is 0.380 e. The van der Waals surface area contributed by atoms with Crippen molar-refractivity contribution in [3.8, 4) is 0 Å². The first-order valence-corrected chi connectivity index (χ1v) is 13.8. The van der Waals surface area contributed by atoms with E-state index in [9.17, 15) is 9.59 Å². The Morgan fingerprint density at radius 2 is 1.73 bits per heavy atom. The average molecular weight is 540 g/mol. The zero-order valence-corrected chi connectivity index (χ0v) is 23.9. The van der Waals surface area contributed by atoms with Crippen LogP contribution in [-0.4, -0.2) is 54.4 Å². The highest BCUT2D eigenvalue weighted by Gasteiger charge is 2.26. The number of ether oxygens (including phenoxy) is 1. The monoisotopic (exact) mass is 539 g/mol. The molecule has 208 valence electrons. The van der Waals surface area contributed by atoms with Crippen molar-refractivity contribution in [3.63, 3.8) is 0 Å². The Labute approximate surface area is 235 Å². The molecule has 1 aliphatic heterocycles. The predicted molar refractivity (Wildman–Crippen MR) is 160 cm³/mol. The van der Waals surface area contributed by atoms with E-state index in [2.05, 4.69) is 34.2 Å². The van der Waals surface area contributed by atoms with Crippen molar-refractivity contribution in [3.05, 3.63) is 88.9 Å². The minimum Gasteiger partial charge on any atom is -0.380 e. The number of carbonyl (C=O) groups excluding carboxylic acids is 2. The Balaban J connectivity index is 1.32. The number of nitrogens with zero attached hydrogens (tertiary/aromatic N) is 4. The summed E-state index contributed by atoms with van der Waals surface area (Å²) in [5.74, 6) is -0.0846. The first-order valence-electron chi connectivity index (χ1n) is 13.8. The number of pyridine rings is 2. The van der Waals surface area contributed by atoms with Crippen LogP contribution in [0.4, 0.5) is 17.2 Å². The number of anilines is 3. The highest BCUT2D eigenvalue weighted by molar-refractivity contribution is 6.46. The van der Waals surface area contributed by atoms with Gasteiger partial charge in [0.05, 0.1) is 6.61 Å². The topological polar surface area (TPSA) is 79.2 Å². The summed E-state index contributed by atoms with van der Waals surface area (Å²) in [4.78, 5) is 36.0. The van der Waals surface area contributed by atoms with Gasteiger partial charge in [-0.15, -0.1) is 0 Å². The number of benzene rings is 1. The molecule has 5 rings (SSSR count). The summed E-state index contributed by atoms with van der Waals surface area (Å²) in [5, 5.41) is 2.84. The van der Waals surface area contributed by atoms with Crippen LogP contribution in [0.3, 0.4) is 0 Å². The Morgan fingerprint density at radius 1 is 0.975 bits per heavy atom. The molecule has 1 amide bonds. The molecular formula is C32H37N5O3. The number of nitrogens with one attached hydrogen (secondary N) is 1. The number of ketones is 1. The van der Waals surface area contributed by atoms with Crippen LogP contribution in [0.15, 0.2) is 60.8 Å². The van der Waals surface area contributed by atoms with Crippen LogP contribution < -0.4 is 15.1 Å². The van der Waals surface area contributed by atoms with E-state index >= 15 is 0 Å². The van der Waals surface area contributed by atoms with Crippen molar-refractivity contribution >= 4 is 34.4 Å². The maximum Gasteiger partial charge on any atom is 0.298 e. The lowest BCUT2D eigenvalue weighted by Gasteiger charge is -2.37. The third-order valence-corrected chi connectivity index (χ3v) is 7.42. The molecule has 1 N–H and O–H groups in total. The molecule has 8 heteroatoms. The molecule has 4 aromatic rings. The summed E-state index contributed by atoms with van der Waals surface area (Å²) < 4.78 is 7.30. The van der Waals surface area contributed by atoms with Gasteiger partial charge < -0.3 is 24.3 Å². The number of rotatable bonds is 8. The molecule has 8 nitrogen and oxygen atoms in total. The van der Waals surface area contributed by atoms with Gasteiger partial charge in [-0.05, 0) is 79.4 Å². The van der Waals surface area contributed by atoms with Gasteiger partial charge in [0.2, 0.25) is 0 Å². The van der Waals surface area contributed by atoms with Crippen LogP contribution in [0.1, 0.15) is 52.6 Å². The summed E-state index contributed by atoms with van der Waals surface area (Å²) in [6, 6.07) is 17.7. The summed E-state index contributed by atoms with van der Waals surface area (Å²) in [7, 11) is 1.66. The number of fused-ring (bicyclic) bond motifs is 1. The number of hydrogen-bond donors (Lipinski definition) is 1. The standard InChI is InChI=1S/C32H37N5O3/c1-21(2)27-19-26-8-6-7-11-37(26)30(27)31(38)32(39)34-25-9-10-28(24(18-25)20-40-5)35-12-14-36(15-13-35)29-17-22(3)16-23(4)33-29/h6-11,16-19,21H,12-15,20H2,1-5H3,(H,34,39). The van der Waals surface area contributed by atoms with Crippen LogP contribution in [-0.2, 0) is 16.1 Å². The lowest BCUT2D eigenvalue weighted by molar-refractivity contribution is -0.112. The Bertz CT molecular complexity index is 1530. The molecular weight excluding hydrogens is 502 g/mol. The molecule has 0 aliphatic carbocycles. The van der Waals surface area contributed by atoms with Crippen molar-refractivity contribution in [2.75, 3.05) is 48.4 Å². The fourth-order valence-electron chi connectivity index (χ4n) is 5.52. The van der Waals surface area contributed by atoms with E-state index < -0.39 is 11.7 Å². The van der Waals surface area contributed by atoms with Crippen molar-refractivity contribution in [2.45, 2.75) is 40.2 Å². The summed E-state index contributed by atoms with van der Waals surface area (Å²) in [6.07, 6.45) is 1.82. The highest BCUT2D eigenvalue weighted by atomic mass is 16.5. The third kappa shape index (κ3) is 5.58. The van der Waals surface area contributed by atoms with Gasteiger partial charge in [0.25, 0.3) is 11.7 Å². The van der Waals surface area contributed by atoms with E-state index in [4.69, 9.17) is 9.72 Å². The van der Waals surface area contributed by atoms with Gasteiger partial charge in [0, 0.05) is 67.6 Å². The van der Waals surface area contributed by atoms with Gasteiger partial charge in [-0.25, -0.2) is 4.98 Å². The van der Waals surface area contributed by atoms with Gasteiger partial charge >= 0.3 is 0 Å². The molecule has 40 heavy (non-hydrogen) atoms. The zero-order valence-electron chi connectivity index (χ0n) is 23.9. The van der Waals surface area contributed by atoms with Crippen LogP contribution in [0, 0.1) is 13.8 Å². The van der Waals surface area contributed by atoms with E-state index in [0.717, 1.165) is 60.0 Å². The smallest absolute Gasteiger partial charge is 0.298 e. The second-order valence-corrected chi connectivity index (χ2v) is 10.8. The average Bonchev–Trinajstić information content (AvgIpc) is 3.33. The van der Waals surface area contributed by atoms with E-state index in [1.165, 1.54) is 5.56 Å². The number of methoxy groups -OCH3 is 1. The molecule has 1 aromatic carbocycles. The molecule has 1 aliphatic rings. The lowest BCUT2D eigenvalue weighted by Crippen LogP contribution is -2.47. The lowest BCUT2D eigenvalue weighted by atomic mass is 10.0. The summed E-state index contributed by atoms with van der Waals surface area (Å²) >= 11 is 0. The van der Waals surface area contributed by atoms with E-state index in [-0.39, 0.29) is 5.92 Å². The molecule has 4 heterocycles. The Kier molecular flexibility index (Phi) is 7.89. The third-order valence-electron chi connectivity index (χ3n) is 7.42. The summed E-state index contributed by atoms with van der Waals surface area (Å²) in [5.41, 5.74) is 7.00. The number of aryl methyl sites for hydroxylation is 2. The first kappa shape index (κ1) is 27.4. The number of carbonyl (C=O) groups is 2. The number of Topliss-reactive ketones (excluding diaryl/α,β-unsaturated/α-hetero) is 1. The number of hydrogen-bond acceptors (Lipinski definition) is 6. The highest BCUT2D eigenvalue weighted by Crippen LogP contribution is 2.29. The van der Waals surface area contributed by atoms with Crippen molar-refractivity contribution in [1.82, 2.24) is 9.38 Å². The van der Waals surface area contributed by atoms with Crippen LogP contribution >= 0.6 is 0 Å². The van der Waals surface area contributed by atoms with E-state index in [1.807, 2.05) is 69.4 Å². The van der Waals surface area contributed by atoms with Crippen LogP contribution in [0.25, 0.3) is 5.52 Å². The number of piperazine rings is 1. The minimum atomic E-state index is -0.656. The van der Waals surface area contributed by atoms with Gasteiger partial charge in [-0.3, -0.25) is 9.59 Å². The van der Waals surface area contributed by atoms with Crippen molar-refractivity contribution in [2.24, 2.45) is 0 Å². The predicted octanol–water partition coefficient (Wildman–Crippen LogP) is 5.37. The molecule has 3 aromatic heterocycles. The van der Waals surface area contributed by atoms with Crippen LogP contribution in [0.5, 0.6) is 0 Å². The van der Waals surface area contributed by atoms with E-state index in [0.29, 0.717) is 18.0 Å². The first-order chi connectivity index (χ1) is 19.2. The molecule has 0 bridgehead atoms. The van der Waals surface area contributed by atoms with Gasteiger partial charge in [0.15, 0.2) is 0 Å². The molecule has 0 saturated carbocycles. The quantitative estimate of drug-likeness (QED) is 0.240. The zero-order chi connectivity index (χ0) is 28.4. The van der Waals surface area contributed by atoms with Crippen molar-refractivity contribution < 1.29 is 14.3 Å². The fraction of sp³-hybridized carbons (Fsp3) is 0.344. The molecule has 0 atom stereocenters. The summed E-state index contributed by atoms with van der Waals surface area (Å²) in [6.45, 7) is 12.0. The fourth-order valence-corrected chi connectivity index (χ4v) is 5.52. The second kappa shape index (κ2) is 11.5. The Hall–Kier alpha value is -4.17. The molecule has 1 fully saturated rings. The Morgan fingerprint density at radius 3 is 2.42 bits per heavy atom. The molecule has 1 saturated heterocycles. The molecule has 0 radical (unpaired) electrons. The molecule has 0 spiro atoms. The number of aromatic nitrogens is 2. The van der Waals surface area contributed by atoms with Crippen LogP contribution in [0.2, 0.25) is 0 Å². The maximum atomic E-state index is 13.4. The van der Waals surface area contributed by atoms with E-state index in [1.54, 1.807) is 11.5 Å². The van der Waals surface area contributed by atoms with Gasteiger partial charge in [-0.2, -0.15) is 0 Å². The second-order valence-electron chi connectivity index (χ2n) is 10.8. The minimum absolute atomic E-state index is 0.102. The van der Waals surface area contributed by atoms with Crippen molar-refractivity contribution in [1.29, 1.82) is 0 Å². The van der Waals surface area contributed by atoms with Gasteiger partial charge in [-0.1, -0.05) is 19.9 Å². The number of amides is 1. The maximum absolute atomic E-state index is 13.4. The molecule has 0 unspecified atom stereocenters. The SMILES string of the molecule is COCc1cc(NC(=O)C(=O)c2c(C(C)C)cc3ccccn23)ccc1N1CCN(c2cc(C)cc(C)n2)CC1. The van der Waals surface area contributed by atoms with Gasteiger partial charge in [0.1, 0.15) is 11.5 Å².